The summed E-state index contributed by atoms with van der Waals surface area (Å²) in [7, 11) is 0. The minimum absolute atomic E-state index is 0.188. The first-order valence-electron chi connectivity index (χ1n) is 8.08. The van der Waals surface area contributed by atoms with Crippen LogP contribution in [0.1, 0.15) is 38.7 Å². The average molecular weight is 310 g/mol. The Morgan fingerprint density at radius 1 is 1.09 bits per heavy atom. The van der Waals surface area contributed by atoms with Gasteiger partial charge >= 0.3 is 0 Å². The van der Waals surface area contributed by atoms with Gasteiger partial charge in [-0.2, -0.15) is 5.26 Å². The zero-order valence-corrected chi connectivity index (χ0v) is 13.7. The van der Waals surface area contributed by atoms with Crippen LogP contribution < -0.4 is 10.3 Å². The zero-order valence-electron chi connectivity index (χ0n) is 13.7. The predicted molar refractivity (Wildman–Crippen MR) is 91.5 cm³/mol. The normalized spacial score (nSPS) is 10.3. The van der Waals surface area contributed by atoms with Crippen molar-refractivity contribution in [3.8, 4) is 23.1 Å². The SMILES string of the molecule is CCCCn1c(-c2ccc(OCCC)cc2)ccc(C#N)c1=O. The molecule has 1 aromatic carbocycles. The Bertz CT molecular complexity index is 739. The summed E-state index contributed by atoms with van der Waals surface area (Å²) in [4.78, 5) is 12.4. The van der Waals surface area contributed by atoms with E-state index in [0.29, 0.717) is 13.2 Å². The third kappa shape index (κ3) is 4.01. The molecule has 0 bridgehead atoms. The molecule has 0 fully saturated rings. The van der Waals surface area contributed by atoms with Crippen molar-refractivity contribution in [2.24, 2.45) is 0 Å². The van der Waals surface area contributed by atoms with Gasteiger partial charge in [0.05, 0.1) is 12.3 Å². The maximum absolute atomic E-state index is 12.4. The molecule has 4 nitrogen and oxygen atoms in total. The van der Waals surface area contributed by atoms with E-state index in [1.54, 1.807) is 10.6 Å². The van der Waals surface area contributed by atoms with Crippen molar-refractivity contribution in [3.63, 3.8) is 0 Å². The van der Waals surface area contributed by atoms with Crippen LogP contribution in [-0.4, -0.2) is 11.2 Å². The molecule has 0 amide bonds. The predicted octanol–water partition coefficient (Wildman–Crippen LogP) is 3.98. The van der Waals surface area contributed by atoms with Gasteiger partial charge in [-0.15, -0.1) is 0 Å². The first-order chi connectivity index (χ1) is 11.2. The Labute approximate surface area is 137 Å². The molecule has 0 spiro atoms. The first kappa shape index (κ1) is 16.8. The first-order valence-corrected chi connectivity index (χ1v) is 8.08. The quantitative estimate of drug-likeness (QED) is 0.777. The van der Waals surface area contributed by atoms with Crippen LogP contribution in [-0.2, 0) is 6.54 Å². The monoisotopic (exact) mass is 310 g/mol. The summed E-state index contributed by atoms with van der Waals surface area (Å²) in [5.41, 5.74) is 1.76. The molecule has 0 unspecified atom stereocenters. The average Bonchev–Trinajstić information content (AvgIpc) is 2.59. The zero-order chi connectivity index (χ0) is 16.7. The number of benzene rings is 1. The van der Waals surface area contributed by atoms with Crippen molar-refractivity contribution in [2.75, 3.05) is 6.61 Å². The maximum atomic E-state index is 12.4. The molecule has 1 aromatic heterocycles. The number of unbranched alkanes of at least 4 members (excludes halogenated alkanes) is 1. The third-order valence-electron chi connectivity index (χ3n) is 3.65. The van der Waals surface area contributed by atoms with Gasteiger partial charge in [0.25, 0.3) is 5.56 Å². The van der Waals surface area contributed by atoms with E-state index in [4.69, 9.17) is 10.00 Å². The summed E-state index contributed by atoms with van der Waals surface area (Å²) in [6.45, 7) is 5.46. The van der Waals surface area contributed by atoms with Gasteiger partial charge in [-0.05, 0) is 54.8 Å². The van der Waals surface area contributed by atoms with E-state index >= 15 is 0 Å². The summed E-state index contributed by atoms with van der Waals surface area (Å²) in [6, 6.07) is 13.1. The van der Waals surface area contributed by atoms with Gasteiger partial charge in [-0.1, -0.05) is 20.3 Å². The van der Waals surface area contributed by atoms with Crippen molar-refractivity contribution in [3.05, 3.63) is 52.3 Å². The highest BCUT2D eigenvalue weighted by Crippen LogP contribution is 2.22. The number of pyridine rings is 1. The fraction of sp³-hybridized carbons (Fsp3) is 0.368. The van der Waals surface area contributed by atoms with Crippen LogP contribution in [0.15, 0.2) is 41.2 Å². The van der Waals surface area contributed by atoms with Crippen molar-refractivity contribution in [1.29, 1.82) is 5.26 Å². The molecule has 0 saturated carbocycles. The smallest absolute Gasteiger partial charge is 0.268 e. The summed E-state index contributed by atoms with van der Waals surface area (Å²) in [6.07, 6.45) is 2.86. The highest BCUT2D eigenvalue weighted by molar-refractivity contribution is 5.61. The lowest BCUT2D eigenvalue weighted by molar-refractivity contribution is 0.317. The molecular weight excluding hydrogens is 288 g/mol. The summed E-state index contributed by atoms with van der Waals surface area (Å²) >= 11 is 0. The molecule has 120 valence electrons. The second kappa shape index (κ2) is 8.19. The Kier molecular flexibility index (Phi) is 5.99. The van der Waals surface area contributed by atoms with Gasteiger partial charge < -0.3 is 9.30 Å². The standard InChI is InChI=1S/C19H22N2O2/c1-3-5-12-21-18(11-8-16(14-20)19(21)22)15-6-9-17(10-7-15)23-13-4-2/h6-11H,3-5,12-13H2,1-2H3. The van der Waals surface area contributed by atoms with E-state index in [0.717, 1.165) is 36.3 Å². The van der Waals surface area contributed by atoms with Crippen molar-refractivity contribution in [2.45, 2.75) is 39.7 Å². The Morgan fingerprint density at radius 3 is 2.43 bits per heavy atom. The van der Waals surface area contributed by atoms with Gasteiger partial charge in [-0.3, -0.25) is 4.79 Å². The lowest BCUT2D eigenvalue weighted by atomic mass is 10.1. The number of ether oxygens (including phenoxy) is 1. The molecule has 23 heavy (non-hydrogen) atoms. The van der Waals surface area contributed by atoms with Gasteiger partial charge in [0.1, 0.15) is 17.4 Å². The van der Waals surface area contributed by atoms with Gasteiger partial charge in [0, 0.05) is 6.54 Å². The minimum atomic E-state index is -0.218. The number of hydrogen-bond acceptors (Lipinski definition) is 3. The number of nitrogens with zero attached hydrogens (tertiary/aromatic N) is 2. The Morgan fingerprint density at radius 2 is 1.83 bits per heavy atom. The van der Waals surface area contributed by atoms with E-state index in [-0.39, 0.29) is 11.1 Å². The van der Waals surface area contributed by atoms with E-state index in [1.807, 2.05) is 36.4 Å². The highest BCUT2D eigenvalue weighted by atomic mass is 16.5. The molecule has 0 radical (unpaired) electrons. The lowest BCUT2D eigenvalue weighted by Crippen LogP contribution is -2.24. The number of hydrogen-bond donors (Lipinski definition) is 0. The molecule has 0 N–H and O–H groups in total. The highest BCUT2D eigenvalue weighted by Gasteiger charge is 2.10. The second-order valence-electron chi connectivity index (χ2n) is 5.43. The van der Waals surface area contributed by atoms with Crippen LogP contribution in [0.5, 0.6) is 5.75 Å². The topological polar surface area (TPSA) is 55.0 Å². The molecule has 0 saturated heterocycles. The fourth-order valence-electron chi connectivity index (χ4n) is 2.40. The number of rotatable bonds is 7. The van der Waals surface area contributed by atoms with Crippen molar-refractivity contribution < 1.29 is 4.74 Å². The minimum Gasteiger partial charge on any atom is -0.494 e. The van der Waals surface area contributed by atoms with Crippen LogP contribution in [0.25, 0.3) is 11.3 Å². The molecule has 0 aliphatic carbocycles. The van der Waals surface area contributed by atoms with Crippen LogP contribution in [0.2, 0.25) is 0 Å². The summed E-state index contributed by atoms with van der Waals surface area (Å²) in [5, 5.41) is 9.07. The third-order valence-corrected chi connectivity index (χ3v) is 3.65. The number of aromatic nitrogens is 1. The van der Waals surface area contributed by atoms with Crippen LogP contribution >= 0.6 is 0 Å². The van der Waals surface area contributed by atoms with Gasteiger partial charge in [-0.25, -0.2) is 0 Å². The van der Waals surface area contributed by atoms with Crippen LogP contribution in [0.4, 0.5) is 0 Å². The van der Waals surface area contributed by atoms with Crippen molar-refractivity contribution >= 4 is 0 Å². The van der Waals surface area contributed by atoms with E-state index in [1.165, 1.54) is 0 Å². The fourth-order valence-corrected chi connectivity index (χ4v) is 2.40. The Balaban J connectivity index is 2.40. The summed E-state index contributed by atoms with van der Waals surface area (Å²) in [5.74, 6) is 0.826. The number of nitriles is 1. The molecule has 2 aromatic rings. The molecule has 0 aliphatic rings. The molecule has 0 aliphatic heterocycles. The molecule has 4 heteroatoms. The van der Waals surface area contributed by atoms with E-state index < -0.39 is 0 Å². The molecule has 1 heterocycles. The van der Waals surface area contributed by atoms with Gasteiger partial charge in [0.2, 0.25) is 0 Å². The maximum Gasteiger partial charge on any atom is 0.268 e. The molecule has 0 atom stereocenters. The molecule has 2 rings (SSSR count). The summed E-state index contributed by atoms with van der Waals surface area (Å²) < 4.78 is 7.29. The largest absolute Gasteiger partial charge is 0.494 e. The molecular formula is C19H22N2O2. The van der Waals surface area contributed by atoms with Gasteiger partial charge in [0.15, 0.2) is 0 Å². The van der Waals surface area contributed by atoms with Crippen LogP contribution in [0, 0.1) is 11.3 Å². The van der Waals surface area contributed by atoms with Crippen LogP contribution in [0.3, 0.4) is 0 Å². The second-order valence-corrected chi connectivity index (χ2v) is 5.43. The Hall–Kier alpha value is -2.54. The lowest BCUT2D eigenvalue weighted by Gasteiger charge is -2.13. The van der Waals surface area contributed by atoms with Crippen molar-refractivity contribution in [1.82, 2.24) is 4.57 Å². The van der Waals surface area contributed by atoms with E-state index in [9.17, 15) is 4.79 Å². The van der Waals surface area contributed by atoms with E-state index in [2.05, 4.69) is 13.8 Å².